The van der Waals surface area contributed by atoms with Crippen molar-refractivity contribution < 1.29 is 27.5 Å². The molecule has 1 heterocycles. The van der Waals surface area contributed by atoms with Crippen LogP contribution in [0.5, 0.6) is 11.5 Å². The highest BCUT2D eigenvalue weighted by atomic mass is 35.5. The molecule has 0 radical (unpaired) electrons. The molecule has 10 heteroatoms. The van der Waals surface area contributed by atoms with E-state index in [0.717, 1.165) is 12.8 Å². The first kappa shape index (κ1) is 21.0. The van der Waals surface area contributed by atoms with Gasteiger partial charge < -0.3 is 18.8 Å². The molecule has 1 aliphatic rings. The summed E-state index contributed by atoms with van der Waals surface area (Å²) < 4.78 is 40.3. The van der Waals surface area contributed by atoms with Gasteiger partial charge in [-0.1, -0.05) is 11.6 Å². The lowest BCUT2D eigenvalue weighted by molar-refractivity contribution is -0.0512. The van der Waals surface area contributed by atoms with Crippen molar-refractivity contribution in [2.45, 2.75) is 32.0 Å². The Balaban J connectivity index is 1.53. The molecular weight excluding hydrogens is 432 g/mol. The van der Waals surface area contributed by atoms with E-state index in [4.69, 9.17) is 20.8 Å². The van der Waals surface area contributed by atoms with Crippen LogP contribution >= 0.6 is 11.6 Å². The van der Waals surface area contributed by atoms with E-state index < -0.39 is 6.61 Å². The molecule has 1 aliphatic carbocycles. The molecule has 1 fully saturated rings. The van der Waals surface area contributed by atoms with Crippen molar-refractivity contribution in [2.24, 2.45) is 0 Å². The molecule has 4 rings (SSSR count). The molecule has 1 aromatic heterocycles. The van der Waals surface area contributed by atoms with E-state index in [1.807, 2.05) is 0 Å². The van der Waals surface area contributed by atoms with Crippen molar-refractivity contribution >= 4 is 17.5 Å². The predicted octanol–water partition coefficient (Wildman–Crippen LogP) is 4.80. The third-order valence-electron chi connectivity index (χ3n) is 4.74. The van der Waals surface area contributed by atoms with Gasteiger partial charge in [-0.3, -0.25) is 4.79 Å². The normalized spacial score (nSPS) is 13.3. The maximum Gasteiger partial charge on any atom is 0.387 e. The number of carbonyl (C=O) groups excluding carboxylic acids is 1. The van der Waals surface area contributed by atoms with Crippen molar-refractivity contribution in [3.05, 3.63) is 58.9 Å². The number of benzene rings is 2. The Morgan fingerprint density at radius 2 is 1.94 bits per heavy atom. The summed E-state index contributed by atoms with van der Waals surface area (Å²) in [6.45, 7) is -2.87. The molecule has 0 saturated heterocycles. The lowest BCUT2D eigenvalue weighted by atomic mass is 10.1. The molecule has 162 valence electrons. The summed E-state index contributed by atoms with van der Waals surface area (Å²) in [5.74, 6) is 0.219. The molecule has 1 saturated carbocycles. The van der Waals surface area contributed by atoms with Crippen LogP contribution in [0.3, 0.4) is 0 Å². The zero-order chi connectivity index (χ0) is 22.0. The Morgan fingerprint density at radius 3 is 2.58 bits per heavy atom. The summed E-state index contributed by atoms with van der Waals surface area (Å²) in [7, 11) is 1.32. The molecule has 2 aromatic carbocycles. The number of halogens is 3. The molecule has 3 aromatic rings. The summed E-state index contributed by atoms with van der Waals surface area (Å²) in [4.78, 5) is 14.8. The van der Waals surface area contributed by atoms with Crippen LogP contribution in [0.2, 0.25) is 5.02 Å². The summed E-state index contributed by atoms with van der Waals surface area (Å²) in [6, 6.07) is 11.1. The molecular formula is C21H18ClF2N3O4. The van der Waals surface area contributed by atoms with E-state index in [9.17, 15) is 13.6 Å². The minimum Gasteiger partial charge on any atom is -0.493 e. The Morgan fingerprint density at radius 1 is 1.19 bits per heavy atom. The zero-order valence-corrected chi connectivity index (χ0v) is 17.2. The van der Waals surface area contributed by atoms with E-state index in [-0.39, 0.29) is 41.4 Å². The van der Waals surface area contributed by atoms with Crippen molar-refractivity contribution in [3.63, 3.8) is 0 Å². The molecule has 0 atom stereocenters. The van der Waals surface area contributed by atoms with Gasteiger partial charge in [0.05, 0.1) is 13.7 Å². The molecule has 0 spiro atoms. The largest absolute Gasteiger partial charge is 0.493 e. The second-order valence-corrected chi connectivity index (χ2v) is 7.35. The topological polar surface area (TPSA) is 77.7 Å². The lowest BCUT2D eigenvalue weighted by Crippen LogP contribution is -2.32. The van der Waals surface area contributed by atoms with Gasteiger partial charge in [0.15, 0.2) is 11.5 Å². The number of carbonyl (C=O) groups is 1. The van der Waals surface area contributed by atoms with Gasteiger partial charge in [0.25, 0.3) is 5.91 Å². The second-order valence-electron chi connectivity index (χ2n) is 6.92. The maximum absolute atomic E-state index is 13.1. The summed E-state index contributed by atoms with van der Waals surface area (Å²) >= 11 is 5.90. The molecule has 0 unspecified atom stereocenters. The van der Waals surface area contributed by atoms with Crippen LogP contribution in [0.25, 0.3) is 11.5 Å². The fourth-order valence-electron chi connectivity index (χ4n) is 3.09. The number of hydrogen-bond donors (Lipinski definition) is 0. The van der Waals surface area contributed by atoms with Crippen molar-refractivity contribution in [1.82, 2.24) is 15.1 Å². The van der Waals surface area contributed by atoms with Gasteiger partial charge in [0.2, 0.25) is 11.8 Å². The molecule has 7 nitrogen and oxygen atoms in total. The predicted molar refractivity (Wildman–Crippen MR) is 107 cm³/mol. The lowest BCUT2D eigenvalue weighted by Gasteiger charge is -2.21. The fraction of sp³-hybridized carbons (Fsp3) is 0.286. The van der Waals surface area contributed by atoms with Gasteiger partial charge in [-0.15, -0.1) is 10.2 Å². The van der Waals surface area contributed by atoms with Crippen molar-refractivity contribution in [1.29, 1.82) is 0 Å². The van der Waals surface area contributed by atoms with Crippen LogP contribution in [0, 0.1) is 0 Å². The highest BCUT2D eigenvalue weighted by Crippen LogP contribution is 2.33. The van der Waals surface area contributed by atoms with E-state index in [1.165, 1.54) is 25.3 Å². The van der Waals surface area contributed by atoms with E-state index in [1.54, 1.807) is 29.2 Å². The standard InChI is InChI=1S/C21H18ClF2N3O4/c1-29-17-10-13(4-9-16(17)30-21(23)24)20(28)27(15-7-8-15)11-18-25-26-19(31-18)12-2-5-14(22)6-3-12/h2-6,9-10,15,21H,7-8,11H2,1H3. The van der Waals surface area contributed by atoms with Gasteiger partial charge in [0.1, 0.15) is 0 Å². The zero-order valence-electron chi connectivity index (χ0n) is 16.4. The highest BCUT2D eigenvalue weighted by Gasteiger charge is 2.34. The van der Waals surface area contributed by atoms with Crippen LogP contribution in [0.15, 0.2) is 46.9 Å². The smallest absolute Gasteiger partial charge is 0.387 e. The Hall–Kier alpha value is -3.20. The third kappa shape index (κ3) is 4.93. The van der Waals surface area contributed by atoms with Crippen LogP contribution in [0.1, 0.15) is 29.1 Å². The molecule has 0 aliphatic heterocycles. The minimum atomic E-state index is -2.99. The first-order valence-electron chi connectivity index (χ1n) is 9.46. The number of aromatic nitrogens is 2. The number of hydrogen-bond acceptors (Lipinski definition) is 6. The Bertz CT molecular complexity index is 1070. The number of alkyl halides is 2. The number of rotatable bonds is 8. The van der Waals surface area contributed by atoms with Gasteiger partial charge >= 0.3 is 6.61 Å². The van der Waals surface area contributed by atoms with Crippen molar-refractivity contribution in [2.75, 3.05) is 7.11 Å². The number of nitrogens with zero attached hydrogens (tertiary/aromatic N) is 3. The Labute approximate surface area is 181 Å². The fourth-order valence-corrected chi connectivity index (χ4v) is 3.21. The first-order valence-corrected chi connectivity index (χ1v) is 9.84. The molecule has 31 heavy (non-hydrogen) atoms. The average molecular weight is 450 g/mol. The maximum atomic E-state index is 13.1. The molecule has 0 bridgehead atoms. The summed E-state index contributed by atoms with van der Waals surface area (Å²) in [5.41, 5.74) is 0.995. The quantitative estimate of drug-likeness (QED) is 0.491. The van der Waals surface area contributed by atoms with E-state index >= 15 is 0 Å². The average Bonchev–Trinajstić information content (AvgIpc) is 3.49. The van der Waals surface area contributed by atoms with Gasteiger partial charge in [-0.2, -0.15) is 8.78 Å². The third-order valence-corrected chi connectivity index (χ3v) is 4.99. The molecule has 1 amide bonds. The SMILES string of the molecule is COc1cc(C(=O)N(Cc2nnc(-c3ccc(Cl)cc3)o2)C2CC2)ccc1OC(F)F. The van der Waals surface area contributed by atoms with Gasteiger partial charge in [-0.25, -0.2) is 0 Å². The van der Waals surface area contributed by atoms with Crippen LogP contribution in [0.4, 0.5) is 8.78 Å². The first-order chi connectivity index (χ1) is 14.9. The van der Waals surface area contributed by atoms with Crippen LogP contribution in [-0.2, 0) is 6.54 Å². The minimum absolute atomic E-state index is 0.0429. The monoisotopic (exact) mass is 449 g/mol. The van der Waals surface area contributed by atoms with Crippen LogP contribution < -0.4 is 9.47 Å². The van der Waals surface area contributed by atoms with Gasteiger partial charge in [0, 0.05) is 22.2 Å². The number of ether oxygens (including phenoxy) is 2. The van der Waals surface area contributed by atoms with Crippen molar-refractivity contribution in [3.8, 4) is 23.0 Å². The number of amides is 1. The van der Waals surface area contributed by atoms with E-state index in [0.29, 0.717) is 16.5 Å². The number of methoxy groups -OCH3 is 1. The summed E-state index contributed by atoms with van der Waals surface area (Å²) in [5, 5.41) is 8.68. The van der Waals surface area contributed by atoms with E-state index in [2.05, 4.69) is 14.9 Å². The van der Waals surface area contributed by atoms with Gasteiger partial charge in [-0.05, 0) is 55.3 Å². The highest BCUT2D eigenvalue weighted by molar-refractivity contribution is 6.30. The summed E-state index contributed by atoms with van der Waals surface area (Å²) in [6.07, 6.45) is 1.71. The second kappa shape index (κ2) is 8.89. The Kier molecular flexibility index (Phi) is 6.03. The molecule has 0 N–H and O–H groups in total. The van der Waals surface area contributed by atoms with Crippen LogP contribution in [-0.4, -0.2) is 40.8 Å².